The fourth-order valence-corrected chi connectivity index (χ4v) is 10.9. The van der Waals surface area contributed by atoms with Crippen molar-refractivity contribution in [3.05, 3.63) is 11.6 Å². The van der Waals surface area contributed by atoms with Crippen LogP contribution in [0.4, 0.5) is 0 Å². The topological polar surface area (TPSA) is 63.6 Å². The van der Waals surface area contributed by atoms with E-state index in [4.69, 9.17) is 4.74 Å². The Morgan fingerprint density at radius 3 is 2.19 bits per heavy atom. The van der Waals surface area contributed by atoms with Crippen LogP contribution in [0.15, 0.2) is 11.6 Å². The van der Waals surface area contributed by atoms with Gasteiger partial charge in [0.05, 0.1) is 0 Å². The summed E-state index contributed by atoms with van der Waals surface area (Å²) in [6, 6.07) is 0. The van der Waals surface area contributed by atoms with Crippen molar-refractivity contribution in [2.75, 3.05) is 0 Å². The van der Waals surface area contributed by atoms with Crippen LogP contribution in [0.3, 0.4) is 0 Å². The zero-order valence-electron chi connectivity index (χ0n) is 24.1. The predicted molar refractivity (Wildman–Crippen MR) is 142 cm³/mol. The van der Waals surface area contributed by atoms with Gasteiger partial charge in [-0.25, -0.2) is 0 Å². The zero-order valence-corrected chi connectivity index (χ0v) is 24.1. The lowest BCUT2D eigenvalue weighted by atomic mass is 9.33. The SMILES string of the molecule is CC(=O)O[C@H]1CC[C@@]2(C)C3CC=C4[C@H]5CC(C)(C)CC[C@@]5(C)CC[C@]4(C)[C@@]3(C)CC[C@@H]2[C@]1(C)C(=O)O. The van der Waals surface area contributed by atoms with Gasteiger partial charge in [-0.1, -0.05) is 53.2 Å². The molecule has 4 saturated carbocycles. The average molecular weight is 499 g/mol. The lowest BCUT2D eigenvalue weighted by molar-refractivity contribution is -0.222. The number of hydrogen-bond donors (Lipinski definition) is 1. The third-order valence-electron chi connectivity index (χ3n) is 13.4. The number of rotatable bonds is 2. The molecule has 4 fully saturated rings. The van der Waals surface area contributed by atoms with Crippen LogP contribution in [-0.4, -0.2) is 23.1 Å². The van der Waals surface area contributed by atoms with Crippen LogP contribution in [0.1, 0.15) is 120 Å². The summed E-state index contributed by atoms with van der Waals surface area (Å²) in [7, 11) is 0. The van der Waals surface area contributed by atoms with Crippen molar-refractivity contribution in [3.63, 3.8) is 0 Å². The lowest BCUT2D eigenvalue weighted by Crippen LogP contribution is -2.66. The van der Waals surface area contributed by atoms with Crippen LogP contribution in [0.25, 0.3) is 0 Å². The molecule has 1 N–H and O–H groups in total. The van der Waals surface area contributed by atoms with Crippen molar-refractivity contribution < 1.29 is 19.4 Å². The molecule has 0 saturated heterocycles. The maximum atomic E-state index is 12.8. The minimum absolute atomic E-state index is 0.0136. The fraction of sp³-hybridized carbons (Fsp3) is 0.875. The fourth-order valence-electron chi connectivity index (χ4n) is 10.9. The normalized spacial score (nSPS) is 51.5. The van der Waals surface area contributed by atoms with Crippen molar-refractivity contribution in [1.29, 1.82) is 0 Å². The van der Waals surface area contributed by atoms with E-state index in [0.29, 0.717) is 29.1 Å². The molecule has 0 spiro atoms. The minimum atomic E-state index is -1.04. The molecule has 0 aliphatic heterocycles. The molecule has 5 aliphatic carbocycles. The van der Waals surface area contributed by atoms with Crippen molar-refractivity contribution in [2.24, 2.45) is 50.2 Å². The van der Waals surface area contributed by atoms with Crippen LogP contribution in [0.2, 0.25) is 0 Å². The smallest absolute Gasteiger partial charge is 0.313 e. The van der Waals surface area contributed by atoms with Gasteiger partial charge in [0.2, 0.25) is 0 Å². The van der Waals surface area contributed by atoms with Gasteiger partial charge >= 0.3 is 11.9 Å². The third kappa shape index (κ3) is 3.30. The molecule has 0 heterocycles. The second kappa shape index (κ2) is 7.85. The quantitative estimate of drug-likeness (QED) is 0.311. The molecule has 4 nitrogen and oxygen atoms in total. The van der Waals surface area contributed by atoms with Gasteiger partial charge in [0.25, 0.3) is 0 Å². The number of allylic oxidation sites excluding steroid dienone is 2. The highest BCUT2D eigenvalue weighted by molar-refractivity contribution is 5.77. The first-order valence-corrected chi connectivity index (χ1v) is 14.6. The van der Waals surface area contributed by atoms with Gasteiger partial charge in [0.1, 0.15) is 11.5 Å². The highest BCUT2D eigenvalue weighted by Gasteiger charge is 2.70. The van der Waals surface area contributed by atoms with Crippen molar-refractivity contribution in [3.8, 4) is 0 Å². The summed E-state index contributed by atoms with van der Waals surface area (Å²) in [5.41, 5.74) is 1.81. The van der Waals surface area contributed by atoms with Crippen LogP contribution in [-0.2, 0) is 14.3 Å². The number of ether oxygens (including phenoxy) is 1. The number of carboxylic acid groups (broad SMARTS) is 1. The Morgan fingerprint density at radius 2 is 1.56 bits per heavy atom. The second-order valence-electron chi connectivity index (χ2n) is 15.6. The van der Waals surface area contributed by atoms with Gasteiger partial charge in [0.15, 0.2) is 0 Å². The molecule has 36 heavy (non-hydrogen) atoms. The molecule has 0 radical (unpaired) electrons. The van der Waals surface area contributed by atoms with Crippen LogP contribution in [0, 0.1) is 50.2 Å². The molecule has 0 aromatic carbocycles. The molecule has 202 valence electrons. The maximum absolute atomic E-state index is 12.8. The molecule has 0 aromatic heterocycles. The Bertz CT molecular complexity index is 996. The van der Waals surface area contributed by atoms with E-state index in [1.807, 2.05) is 6.92 Å². The summed E-state index contributed by atoms with van der Waals surface area (Å²) in [6.45, 7) is 18.3. The number of aliphatic carboxylic acids is 1. The number of carbonyl (C=O) groups excluding carboxylic acids is 1. The summed E-state index contributed by atoms with van der Waals surface area (Å²) in [4.78, 5) is 24.8. The lowest BCUT2D eigenvalue weighted by Gasteiger charge is -2.71. The number of carbonyl (C=O) groups is 2. The van der Waals surface area contributed by atoms with E-state index in [1.54, 1.807) is 5.57 Å². The van der Waals surface area contributed by atoms with Gasteiger partial charge in [-0.15, -0.1) is 0 Å². The number of carboxylic acids is 1. The molecule has 0 amide bonds. The van der Waals surface area contributed by atoms with E-state index in [1.165, 1.54) is 39.0 Å². The van der Waals surface area contributed by atoms with E-state index in [2.05, 4.69) is 47.6 Å². The largest absolute Gasteiger partial charge is 0.481 e. The van der Waals surface area contributed by atoms with Crippen LogP contribution in [0.5, 0.6) is 0 Å². The maximum Gasteiger partial charge on any atom is 0.313 e. The summed E-state index contributed by atoms with van der Waals surface area (Å²) in [6.07, 6.45) is 13.3. The molecular formula is C32H50O4. The van der Waals surface area contributed by atoms with Crippen LogP contribution < -0.4 is 0 Å². The summed E-state index contributed by atoms with van der Waals surface area (Å²) in [5, 5.41) is 10.5. The van der Waals surface area contributed by atoms with Crippen LogP contribution >= 0.6 is 0 Å². The predicted octanol–water partition coefficient (Wildman–Crippen LogP) is 7.80. The summed E-state index contributed by atoms with van der Waals surface area (Å²) < 4.78 is 5.69. The zero-order chi connectivity index (χ0) is 26.5. The van der Waals surface area contributed by atoms with E-state index in [9.17, 15) is 14.7 Å². The van der Waals surface area contributed by atoms with Crippen molar-refractivity contribution in [1.82, 2.24) is 0 Å². The number of hydrogen-bond acceptors (Lipinski definition) is 3. The number of fused-ring (bicyclic) bond motifs is 7. The van der Waals surface area contributed by atoms with E-state index in [-0.39, 0.29) is 28.1 Å². The molecule has 4 heteroatoms. The highest BCUT2D eigenvalue weighted by Crippen LogP contribution is 2.75. The van der Waals surface area contributed by atoms with Crippen molar-refractivity contribution in [2.45, 2.75) is 126 Å². The Balaban J connectivity index is 1.56. The first-order chi connectivity index (χ1) is 16.5. The Kier molecular flexibility index (Phi) is 5.74. The molecular weight excluding hydrogens is 448 g/mol. The monoisotopic (exact) mass is 498 g/mol. The van der Waals surface area contributed by atoms with E-state index < -0.39 is 17.5 Å². The Labute approximate surface area is 219 Å². The molecule has 9 atom stereocenters. The standard InChI is InChI=1S/C32H50O4/c1-20(33)36-25-12-13-29(5)23-10-9-21-22-19-27(2,3)15-16-28(22,4)17-18-30(21,6)31(23,7)14-11-24(29)32(25,8)26(34)35/h9,22-25H,10-19H2,1-8H3,(H,34,35)/t22-,23?,24+,25+,28+,29+,30+,31+,32+/m1/s1. The molecule has 1 unspecified atom stereocenters. The summed E-state index contributed by atoms with van der Waals surface area (Å²) in [5.74, 6) is -0.0260. The van der Waals surface area contributed by atoms with Gasteiger partial charge in [-0.05, 0) is 116 Å². The molecule has 0 bridgehead atoms. The van der Waals surface area contributed by atoms with Gasteiger partial charge < -0.3 is 9.84 Å². The first kappa shape index (κ1) is 26.3. The Hall–Kier alpha value is -1.32. The van der Waals surface area contributed by atoms with Gasteiger partial charge in [-0.2, -0.15) is 0 Å². The first-order valence-electron chi connectivity index (χ1n) is 14.6. The highest BCUT2D eigenvalue weighted by atomic mass is 16.5. The van der Waals surface area contributed by atoms with Gasteiger partial charge in [0, 0.05) is 6.92 Å². The molecule has 5 aliphatic rings. The molecule has 5 rings (SSSR count). The second-order valence-corrected chi connectivity index (χ2v) is 15.6. The van der Waals surface area contributed by atoms with Gasteiger partial charge in [-0.3, -0.25) is 9.59 Å². The molecule has 0 aromatic rings. The third-order valence-corrected chi connectivity index (χ3v) is 13.4. The Morgan fingerprint density at radius 1 is 0.889 bits per heavy atom. The van der Waals surface area contributed by atoms with Crippen molar-refractivity contribution >= 4 is 11.9 Å². The van der Waals surface area contributed by atoms with E-state index in [0.717, 1.165) is 25.7 Å². The average Bonchev–Trinajstić information content (AvgIpc) is 2.77. The number of esters is 1. The van der Waals surface area contributed by atoms with E-state index >= 15 is 0 Å². The summed E-state index contributed by atoms with van der Waals surface area (Å²) >= 11 is 0. The minimum Gasteiger partial charge on any atom is -0.481 e.